The number of likely N-dealkylation sites (tertiary alicyclic amines) is 1. The van der Waals surface area contributed by atoms with Crippen LogP contribution in [-0.2, 0) is 11.3 Å². The van der Waals surface area contributed by atoms with Gasteiger partial charge in [0.2, 0.25) is 5.91 Å². The number of fused-ring (bicyclic) bond motifs is 1. The first-order valence-corrected chi connectivity index (χ1v) is 9.83. The molecule has 0 saturated carbocycles. The van der Waals surface area contributed by atoms with Crippen LogP contribution in [0.4, 0.5) is 5.69 Å². The van der Waals surface area contributed by atoms with E-state index in [4.69, 9.17) is 11.6 Å². The van der Waals surface area contributed by atoms with Crippen LogP contribution in [0.3, 0.4) is 0 Å². The molecular weight excluding hydrogens is 356 g/mol. The molecule has 1 amide bonds. The van der Waals surface area contributed by atoms with Crippen LogP contribution in [0.2, 0.25) is 5.02 Å². The summed E-state index contributed by atoms with van der Waals surface area (Å²) in [6, 6.07) is 22.1. The van der Waals surface area contributed by atoms with Crippen LogP contribution < -0.4 is 5.32 Å². The average molecular weight is 379 g/mol. The second kappa shape index (κ2) is 8.12. The van der Waals surface area contributed by atoms with E-state index in [0.717, 1.165) is 59.5 Å². The van der Waals surface area contributed by atoms with Gasteiger partial charge in [0.05, 0.1) is 5.92 Å². The molecule has 1 fully saturated rings. The lowest BCUT2D eigenvalue weighted by molar-refractivity contribution is -0.121. The van der Waals surface area contributed by atoms with Gasteiger partial charge in [0.25, 0.3) is 0 Å². The number of nitrogens with one attached hydrogen (secondary N) is 1. The van der Waals surface area contributed by atoms with E-state index in [1.807, 2.05) is 42.5 Å². The lowest BCUT2D eigenvalue weighted by atomic mass is 9.96. The van der Waals surface area contributed by atoms with Crippen LogP contribution in [-0.4, -0.2) is 23.9 Å². The van der Waals surface area contributed by atoms with Crippen LogP contribution in [0.15, 0.2) is 66.7 Å². The van der Waals surface area contributed by atoms with E-state index in [9.17, 15) is 4.79 Å². The van der Waals surface area contributed by atoms with Gasteiger partial charge in [-0.2, -0.15) is 0 Å². The van der Waals surface area contributed by atoms with Crippen molar-refractivity contribution in [1.29, 1.82) is 0 Å². The Balaban J connectivity index is 1.45. The molecule has 1 atom stereocenters. The van der Waals surface area contributed by atoms with Gasteiger partial charge in [-0.1, -0.05) is 66.2 Å². The second-order valence-electron chi connectivity index (χ2n) is 7.18. The molecule has 0 aromatic heterocycles. The highest BCUT2D eigenvalue weighted by atomic mass is 35.5. The van der Waals surface area contributed by atoms with Crippen LogP contribution in [0.25, 0.3) is 10.8 Å². The fourth-order valence-electron chi connectivity index (χ4n) is 3.85. The highest BCUT2D eigenvalue weighted by Crippen LogP contribution is 2.26. The lowest BCUT2D eigenvalue weighted by Gasteiger charge is -2.32. The van der Waals surface area contributed by atoms with Gasteiger partial charge in [-0.15, -0.1) is 0 Å². The van der Waals surface area contributed by atoms with Crippen molar-refractivity contribution in [2.75, 3.05) is 18.4 Å². The van der Waals surface area contributed by atoms with Gasteiger partial charge in [0.15, 0.2) is 0 Å². The number of benzene rings is 3. The summed E-state index contributed by atoms with van der Waals surface area (Å²) in [6.07, 6.45) is 1.95. The molecule has 4 heteroatoms. The fourth-order valence-corrected chi connectivity index (χ4v) is 4.05. The summed E-state index contributed by atoms with van der Waals surface area (Å²) in [5, 5.41) is 6.17. The number of halogens is 1. The molecule has 1 heterocycles. The molecule has 3 nitrogen and oxygen atoms in total. The van der Waals surface area contributed by atoms with Crippen LogP contribution >= 0.6 is 11.6 Å². The van der Waals surface area contributed by atoms with Crippen molar-refractivity contribution in [3.63, 3.8) is 0 Å². The number of nitrogens with zero attached hydrogens (tertiary/aromatic N) is 1. The van der Waals surface area contributed by atoms with Gasteiger partial charge in [0.1, 0.15) is 0 Å². The summed E-state index contributed by atoms with van der Waals surface area (Å²) in [7, 11) is 0. The third-order valence-electron chi connectivity index (χ3n) is 5.28. The number of anilines is 1. The standard InChI is InChI=1S/C23H23ClN2O/c24-21-12-4-2-8-18(21)15-26-14-6-10-19(16-26)23(27)25-22-13-5-9-17-7-1-3-11-20(17)22/h1-5,7-9,11-13,19H,6,10,14-16H2,(H,25,27). The maximum Gasteiger partial charge on any atom is 0.228 e. The van der Waals surface area contributed by atoms with E-state index >= 15 is 0 Å². The third kappa shape index (κ3) is 4.15. The number of hydrogen-bond acceptors (Lipinski definition) is 2. The maximum absolute atomic E-state index is 12.9. The molecule has 1 saturated heterocycles. The second-order valence-corrected chi connectivity index (χ2v) is 7.59. The minimum atomic E-state index is 0.000191. The zero-order valence-corrected chi connectivity index (χ0v) is 16.0. The zero-order chi connectivity index (χ0) is 18.6. The molecule has 0 bridgehead atoms. The third-order valence-corrected chi connectivity index (χ3v) is 5.64. The van der Waals surface area contributed by atoms with E-state index < -0.39 is 0 Å². The van der Waals surface area contributed by atoms with Crippen molar-refractivity contribution < 1.29 is 4.79 Å². The summed E-state index contributed by atoms with van der Waals surface area (Å²) in [5.74, 6) is 0.107. The first-order valence-electron chi connectivity index (χ1n) is 9.45. The number of carbonyl (C=O) groups excluding carboxylic acids is 1. The fraction of sp³-hybridized carbons (Fsp3) is 0.261. The first kappa shape index (κ1) is 18.0. The van der Waals surface area contributed by atoms with Gasteiger partial charge in [-0.05, 0) is 42.5 Å². The first-order chi connectivity index (χ1) is 13.2. The topological polar surface area (TPSA) is 32.3 Å². The zero-order valence-electron chi connectivity index (χ0n) is 15.2. The Morgan fingerprint density at radius 2 is 1.81 bits per heavy atom. The van der Waals surface area contributed by atoms with E-state index in [1.165, 1.54) is 0 Å². The summed E-state index contributed by atoms with van der Waals surface area (Å²) in [6.45, 7) is 2.56. The number of carbonyl (C=O) groups is 1. The highest BCUT2D eigenvalue weighted by Gasteiger charge is 2.26. The van der Waals surface area contributed by atoms with Crippen LogP contribution in [0.1, 0.15) is 18.4 Å². The number of amides is 1. The van der Waals surface area contributed by atoms with Crippen molar-refractivity contribution in [3.05, 3.63) is 77.3 Å². The molecule has 0 radical (unpaired) electrons. The predicted molar refractivity (Wildman–Crippen MR) is 112 cm³/mol. The highest BCUT2D eigenvalue weighted by molar-refractivity contribution is 6.31. The smallest absolute Gasteiger partial charge is 0.228 e. The Hall–Kier alpha value is -2.36. The van der Waals surface area contributed by atoms with Crippen LogP contribution in [0.5, 0.6) is 0 Å². The van der Waals surface area contributed by atoms with Gasteiger partial charge < -0.3 is 5.32 Å². The predicted octanol–water partition coefficient (Wildman–Crippen LogP) is 5.34. The Bertz CT molecular complexity index is 951. The van der Waals surface area contributed by atoms with Crippen molar-refractivity contribution >= 4 is 34.0 Å². The molecule has 3 aromatic carbocycles. The summed E-state index contributed by atoms with van der Waals surface area (Å²) >= 11 is 6.30. The maximum atomic E-state index is 12.9. The number of piperidine rings is 1. The quantitative estimate of drug-likeness (QED) is 0.664. The molecule has 138 valence electrons. The SMILES string of the molecule is O=C(Nc1cccc2ccccc12)C1CCCN(Cc2ccccc2Cl)C1. The number of rotatable bonds is 4. The van der Waals surface area contributed by atoms with Crippen molar-refractivity contribution in [3.8, 4) is 0 Å². The normalized spacial score (nSPS) is 17.7. The minimum Gasteiger partial charge on any atom is -0.325 e. The van der Waals surface area contributed by atoms with Crippen LogP contribution in [0, 0.1) is 5.92 Å². The molecule has 1 aliphatic rings. The van der Waals surface area contributed by atoms with Gasteiger partial charge in [-0.25, -0.2) is 0 Å². The molecular formula is C23H23ClN2O. The van der Waals surface area contributed by atoms with E-state index in [0.29, 0.717) is 0 Å². The molecule has 0 aliphatic carbocycles. The number of hydrogen-bond donors (Lipinski definition) is 1. The lowest BCUT2D eigenvalue weighted by Crippen LogP contribution is -2.40. The molecule has 0 spiro atoms. The Morgan fingerprint density at radius 3 is 2.70 bits per heavy atom. The summed E-state index contributed by atoms with van der Waals surface area (Å²) < 4.78 is 0. The van der Waals surface area contributed by atoms with E-state index in [-0.39, 0.29) is 11.8 Å². The van der Waals surface area contributed by atoms with E-state index in [2.05, 4.69) is 34.5 Å². The molecule has 3 aromatic rings. The minimum absolute atomic E-state index is 0.000191. The van der Waals surface area contributed by atoms with Crippen molar-refractivity contribution in [1.82, 2.24) is 4.90 Å². The molecule has 1 unspecified atom stereocenters. The van der Waals surface area contributed by atoms with Gasteiger partial charge >= 0.3 is 0 Å². The van der Waals surface area contributed by atoms with E-state index in [1.54, 1.807) is 0 Å². The molecule has 4 rings (SSSR count). The Kier molecular flexibility index (Phi) is 5.42. The molecule has 1 N–H and O–H groups in total. The van der Waals surface area contributed by atoms with Crippen molar-refractivity contribution in [2.45, 2.75) is 19.4 Å². The monoisotopic (exact) mass is 378 g/mol. The largest absolute Gasteiger partial charge is 0.325 e. The average Bonchev–Trinajstić information content (AvgIpc) is 2.70. The Morgan fingerprint density at radius 1 is 1.04 bits per heavy atom. The molecule has 1 aliphatic heterocycles. The van der Waals surface area contributed by atoms with Crippen molar-refractivity contribution in [2.24, 2.45) is 5.92 Å². The molecule has 27 heavy (non-hydrogen) atoms. The van der Waals surface area contributed by atoms with Gasteiger partial charge in [-0.3, -0.25) is 9.69 Å². The van der Waals surface area contributed by atoms with Gasteiger partial charge in [0, 0.05) is 29.2 Å². The Labute approximate surface area is 164 Å². The summed E-state index contributed by atoms with van der Waals surface area (Å²) in [5.41, 5.74) is 2.01. The summed E-state index contributed by atoms with van der Waals surface area (Å²) in [4.78, 5) is 15.2.